The van der Waals surface area contributed by atoms with E-state index in [1.807, 2.05) is 44.2 Å². The van der Waals surface area contributed by atoms with Gasteiger partial charge in [0, 0.05) is 26.2 Å². The second kappa shape index (κ2) is 13.6. The molecule has 0 bridgehead atoms. The third kappa shape index (κ3) is 9.83. The quantitative estimate of drug-likeness (QED) is 0.248. The molecule has 5 nitrogen and oxygen atoms in total. The highest BCUT2D eigenvalue weighted by atomic mass is 127. The number of nitrogens with one attached hydrogen (secondary N) is 2. The molecule has 126 valence electrons. The normalized spacial score (nSPS) is 12.2. The number of hydrogen-bond donors (Lipinski definition) is 3. The number of hydrogen-bond acceptors (Lipinski definition) is 3. The predicted molar refractivity (Wildman–Crippen MR) is 102 cm³/mol. The van der Waals surface area contributed by atoms with Crippen molar-refractivity contribution in [3.05, 3.63) is 30.3 Å². The number of rotatable bonds is 9. The van der Waals surface area contributed by atoms with Gasteiger partial charge in [0.1, 0.15) is 5.75 Å². The maximum absolute atomic E-state index is 9.01. The molecule has 6 heteroatoms. The van der Waals surface area contributed by atoms with Crippen LogP contribution in [0.15, 0.2) is 35.3 Å². The van der Waals surface area contributed by atoms with Crippen molar-refractivity contribution < 1.29 is 9.84 Å². The van der Waals surface area contributed by atoms with E-state index in [1.54, 1.807) is 0 Å². The van der Waals surface area contributed by atoms with Gasteiger partial charge in [0.2, 0.25) is 0 Å². The van der Waals surface area contributed by atoms with Gasteiger partial charge in [0.25, 0.3) is 0 Å². The third-order valence-corrected chi connectivity index (χ3v) is 2.84. The first-order valence-corrected chi connectivity index (χ1v) is 7.57. The molecular weight excluding hydrogens is 393 g/mol. The largest absolute Gasteiger partial charge is 0.494 e. The van der Waals surface area contributed by atoms with Crippen molar-refractivity contribution in [1.82, 2.24) is 10.6 Å². The lowest BCUT2D eigenvalue weighted by Crippen LogP contribution is -2.38. The van der Waals surface area contributed by atoms with Gasteiger partial charge in [-0.05, 0) is 31.4 Å². The van der Waals surface area contributed by atoms with Crippen LogP contribution >= 0.6 is 24.0 Å². The van der Waals surface area contributed by atoms with E-state index in [1.165, 1.54) is 0 Å². The number of aliphatic hydroxyl groups excluding tert-OH is 1. The van der Waals surface area contributed by atoms with Crippen LogP contribution < -0.4 is 15.4 Å². The zero-order valence-corrected chi connectivity index (χ0v) is 15.7. The van der Waals surface area contributed by atoms with E-state index in [2.05, 4.69) is 15.6 Å². The highest BCUT2D eigenvalue weighted by molar-refractivity contribution is 14.0. The van der Waals surface area contributed by atoms with E-state index in [0.717, 1.165) is 31.2 Å². The Bertz CT molecular complexity index is 402. The Balaban J connectivity index is 0.00000441. The molecule has 1 aromatic rings. The summed E-state index contributed by atoms with van der Waals surface area (Å²) in [5.41, 5.74) is 0. The van der Waals surface area contributed by atoms with Crippen molar-refractivity contribution in [3.8, 4) is 5.75 Å². The molecular formula is C16H28IN3O2. The second-order valence-electron chi connectivity index (χ2n) is 4.95. The first-order chi connectivity index (χ1) is 10.3. The number of guanidine groups is 1. The van der Waals surface area contributed by atoms with E-state index >= 15 is 0 Å². The smallest absolute Gasteiger partial charge is 0.191 e. The summed E-state index contributed by atoms with van der Waals surface area (Å²) in [6.07, 6.45) is 0.898. The highest BCUT2D eigenvalue weighted by Gasteiger charge is 2.01. The molecule has 1 rings (SSSR count). The average Bonchev–Trinajstić information content (AvgIpc) is 2.52. The van der Waals surface area contributed by atoms with E-state index < -0.39 is 0 Å². The lowest BCUT2D eigenvalue weighted by atomic mass is 10.2. The maximum Gasteiger partial charge on any atom is 0.191 e. The number of aliphatic imine (C=N–C) groups is 1. The molecule has 0 saturated carbocycles. The standard InChI is InChI=1S/C16H27N3O2.HI/c1-3-17-16(19-12-14(2)13-20)18-10-7-11-21-15-8-5-4-6-9-15;/h4-6,8-9,14,20H,3,7,10-13H2,1-2H3,(H2,17,18,19);1H. The van der Waals surface area contributed by atoms with Gasteiger partial charge in [-0.3, -0.25) is 4.99 Å². The van der Waals surface area contributed by atoms with Crippen LogP contribution in [0.4, 0.5) is 0 Å². The molecule has 0 aromatic heterocycles. The van der Waals surface area contributed by atoms with Gasteiger partial charge in [0.05, 0.1) is 6.61 Å². The summed E-state index contributed by atoms with van der Waals surface area (Å²) >= 11 is 0. The van der Waals surface area contributed by atoms with E-state index in [4.69, 9.17) is 9.84 Å². The Morgan fingerprint density at radius 2 is 2.00 bits per heavy atom. The third-order valence-electron chi connectivity index (χ3n) is 2.84. The zero-order chi connectivity index (χ0) is 15.3. The second-order valence-corrected chi connectivity index (χ2v) is 4.95. The summed E-state index contributed by atoms with van der Waals surface area (Å²) in [7, 11) is 0. The number of aliphatic hydroxyl groups is 1. The first-order valence-electron chi connectivity index (χ1n) is 7.57. The molecule has 1 atom stereocenters. The lowest BCUT2D eigenvalue weighted by Gasteiger charge is -2.12. The molecule has 0 aliphatic rings. The van der Waals surface area contributed by atoms with E-state index in [0.29, 0.717) is 13.2 Å². The summed E-state index contributed by atoms with van der Waals surface area (Å²) in [6.45, 7) is 7.07. The van der Waals surface area contributed by atoms with Gasteiger partial charge in [-0.15, -0.1) is 24.0 Å². The van der Waals surface area contributed by atoms with Crippen LogP contribution in [0.3, 0.4) is 0 Å². The first kappa shape index (κ1) is 21.0. The van der Waals surface area contributed by atoms with Gasteiger partial charge in [-0.1, -0.05) is 25.1 Å². The molecule has 0 fully saturated rings. The summed E-state index contributed by atoms with van der Waals surface area (Å²) in [5.74, 6) is 1.87. The van der Waals surface area contributed by atoms with Gasteiger partial charge in [-0.2, -0.15) is 0 Å². The summed E-state index contributed by atoms with van der Waals surface area (Å²) in [6, 6.07) is 9.81. The minimum Gasteiger partial charge on any atom is -0.494 e. The Labute approximate surface area is 150 Å². The fraction of sp³-hybridized carbons (Fsp3) is 0.562. The fourth-order valence-corrected chi connectivity index (χ4v) is 1.63. The van der Waals surface area contributed by atoms with Crippen molar-refractivity contribution in [3.63, 3.8) is 0 Å². The molecule has 0 aliphatic carbocycles. The molecule has 0 saturated heterocycles. The van der Waals surface area contributed by atoms with Crippen LogP contribution in [0.25, 0.3) is 0 Å². The van der Waals surface area contributed by atoms with Gasteiger partial charge >= 0.3 is 0 Å². The lowest BCUT2D eigenvalue weighted by molar-refractivity contribution is 0.241. The number of nitrogens with zero attached hydrogens (tertiary/aromatic N) is 1. The molecule has 0 amide bonds. The molecule has 1 aromatic carbocycles. The van der Waals surface area contributed by atoms with Crippen LogP contribution in [0.5, 0.6) is 5.75 Å². The molecule has 3 N–H and O–H groups in total. The number of para-hydroxylation sites is 1. The van der Waals surface area contributed by atoms with Crippen LogP contribution in [0.2, 0.25) is 0 Å². The molecule has 0 aliphatic heterocycles. The molecule has 1 unspecified atom stereocenters. The Morgan fingerprint density at radius 3 is 2.64 bits per heavy atom. The Kier molecular flexibility index (Phi) is 13.0. The van der Waals surface area contributed by atoms with Crippen molar-refractivity contribution in [2.75, 3.05) is 32.8 Å². The number of halogens is 1. The molecule has 0 spiro atoms. The van der Waals surface area contributed by atoms with Crippen molar-refractivity contribution in [1.29, 1.82) is 0 Å². The van der Waals surface area contributed by atoms with Crippen LogP contribution in [0, 0.1) is 5.92 Å². The SMILES string of the molecule is CCNC(=NCC(C)CO)NCCCOc1ccccc1.I. The summed E-state index contributed by atoms with van der Waals surface area (Å²) in [5, 5.41) is 15.5. The topological polar surface area (TPSA) is 65.9 Å². The minimum absolute atomic E-state index is 0. The molecule has 0 heterocycles. The summed E-state index contributed by atoms with van der Waals surface area (Å²) in [4.78, 5) is 4.43. The maximum atomic E-state index is 9.01. The van der Waals surface area contributed by atoms with Gasteiger partial charge in [0.15, 0.2) is 5.96 Å². The van der Waals surface area contributed by atoms with Crippen molar-refractivity contribution in [2.24, 2.45) is 10.9 Å². The van der Waals surface area contributed by atoms with Gasteiger partial charge < -0.3 is 20.5 Å². The molecule has 22 heavy (non-hydrogen) atoms. The average molecular weight is 421 g/mol. The van der Waals surface area contributed by atoms with Crippen molar-refractivity contribution >= 4 is 29.9 Å². The molecule has 0 radical (unpaired) electrons. The number of benzene rings is 1. The highest BCUT2D eigenvalue weighted by Crippen LogP contribution is 2.07. The van der Waals surface area contributed by atoms with Crippen molar-refractivity contribution in [2.45, 2.75) is 20.3 Å². The van der Waals surface area contributed by atoms with Crippen LogP contribution in [-0.4, -0.2) is 43.9 Å². The van der Waals surface area contributed by atoms with Crippen LogP contribution in [-0.2, 0) is 0 Å². The monoisotopic (exact) mass is 421 g/mol. The summed E-state index contributed by atoms with van der Waals surface area (Å²) < 4.78 is 5.63. The Morgan fingerprint density at radius 1 is 1.27 bits per heavy atom. The number of ether oxygens (including phenoxy) is 1. The minimum atomic E-state index is 0. The zero-order valence-electron chi connectivity index (χ0n) is 13.4. The van der Waals surface area contributed by atoms with Gasteiger partial charge in [-0.25, -0.2) is 0 Å². The van der Waals surface area contributed by atoms with E-state index in [9.17, 15) is 0 Å². The van der Waals surface area contributed by atoms with E-state index in [-0.39, 0.29) is 36.5 Å². The Hall–Kier alpha value is -1.02. The predicted octanol–water partition coefficient (Wildman–Crippen LogP) is 2.26. The fourth-order valence-electron chi connectivity index (χ4n) is 1.63. The van der Waals surface area contributed by atoms with Crippen LogP contribution in [0.1, 0.15) is 20.3 Å².